The van der Waals surface area contributed by atoms with Crippen molar-refractivity contribution in [2.24, 2.45) is 0 Å². The molecule has 0 spiro atoms. The molecule has 1 aromatic rings. The van der Waals surface area contributed by atoms with Crippen molar-refractivity contribution < 1.29 is 78.3 Å². The van der Waals surface area contributed by atoms with Crippen molar-refractivity contribution in [2.45, 2.75) is 6.32 Å². The smallest absolute Gasteiger partial charge is 0.465 e. The van der Waals surface area contributed by atoms with Crippen LogP contribution in [0.1, 0.15) is 15.9 Å². The van der Waals surface area contributed by atoms with Gasteiger partial charge in [0.1, 0.15) is 5.82 Å². The molecular formula is C9H8BF4KO2. The number of hydrogen-bond acceptors (Lipinski definition) is 2. The Morgan fingerprint density at radius 2 is 1.94 bits per heavy atom. The first-order valence-electron chi connectivity index (χ1n) is 4.41. The number of esters is 1. The van der Waals surface area contributed by atoms with Crippen molar-refractivity contribution in [3.8, 4) is 0 Å². The summed E-state index contributed by atoms with van der Waals surface area (Å²) in [6, 6.07) is 2.74. The monoisotopic (exact) mass is 274 g/mol. The molecule has 0 atom stereocenters. The number of hydrogen-bond donors (Lipinski definition) is 0. The van der Waals surface area contributed by atoms with Crippen molar-refractivity contribution in [1.82, 2.24) is 0 Å². The van der Waals surface area contributed by atoms with E-state index in [1.54, 1.807) is 0 Å². The van der Waals surface area contributed by atoms with E-state index in [1.807, 2.05) is 0 Å². The van der Waals surface area contributed by atoms with E-state index in [0.29, 0.717) is 6.07 Å². The molecule has 0 unspecified atom stereocenters. The molecule has 8 heteroatoms. The maximum atomic E-state index is 13.2. The fraction of sp³-hybridized carbons (Fsp3) is 0.222. The number of rotatable bonds is 3. The first kappa shape index (κ1) is 17.1. The molecule has 17 heavy (non-hydrogen) atoms. The summed E-state index contributed by atoms with van der Waals surface area (Å²) in [5, 5.41) is 0. The van der Waals surface area contributed by atoms with E-state index in [0.717, 1.165) is 19.2 Å². The number of carbonyl (C=O) groups excluding carboxylic acids is 1. The van der Waals surface area contributed by atoms with E-state index >= 15 is 0 Å². The molecule has 0 aliphatic carbocycles. The van der Waals surface area contributed by atoms with Crippen LogP contribution in [0.5, 0.6) is 0 Å². The zero-order valence-corrected chi connectivity index (χ0v) is 12.5. The van der Waals surface area contributed by atoms with E-state index in [4.69, 9.17) is 0 Å². The molecule has 0 saturated carbocycles. The van der Waals surface area contributed by atoms with Crippen LogP contribution < -0.4 is 51.4 Å². The number of benzene rings is 1. The van der Waals surface area contributed by atoms with Crippen LogP contribution in [0.3, 0.4) is 0 Å². The summed E-state index contributed by atoms with van der Waals surface area (Å²) in [6.07, 6.45) is -1.17. The molecule has 0 aliphatic heterocycles. The van der Waals surface area contributed by atoms with E-state index in [-0.39, 0.29) is 62.5 Å². The molecule has 0 aromatic heterocycles. The van der Waals surface area contributed by atoms with Crippen molar-refractivity contribution in [3.63, 3.8) is 0 Å². The summed E-state index contributed by atoms with van der Waals surface area (Å²) in [5.41, 5.74) is -0.585. The van der Waals surface area contributed by atoms with Crippen molar-refractivity contribution in [2.75, 3.05) is 7.11 Å². The predicted octanol–water partition coefficient (Wildman–Crippen LogP) is -0.455. The molecule has 0 N–H and O–H groups in total. The molecule has 88 valence electrons. The van der Waals surface area contributed by atoms with Crippen LogP contribution in [-0.4, -0.2) is 20.1 Å². The molecule has 0 heterocycles. The molecule has 0 amide bonds. The summed E-state index contributed by atoms with van der Waals surface area (Å²) in [7, 11) is 1.06. The molecule has 0 bridgehead atoms. The molecule has 0 radical (unpaired) electrons. The summed E-state index contributed by atoms with van der Waals surface area (Å²) >= 11 is 0. The maximum absolute atomic E-state index is 13.2. The van der Waals surface area contributed by atoms with Gasteiger partial charge >= 0.3 is 64.3 Å². The van der Waals surface area contributed by atoms with Crippen LogP contribution >= 0.6 is 0 Å². The largest absolute Gasteiger partial charge is 1.00 e. The van der Waals surface area contributed by atoms with Gasteiger partial charge in [0, 0.05) is 0 Å². The van der Waals surface area contributed by atoms with Crippen molar-refractivity contribution in [1.29, 1.82) is 0 Å². The molecule has 1 aromatic carbocycles. The van der Waals surface area contributed by atoms with Gasteiger partial charge in [0.2, 0.25) is 0 Å². The Morgan fingerprint density at radius 1 is 1.35 bits per heavy atom. The Hall–Kier alpha value is 0.111. The van der Waals surface area contributed by atoms with Gasteiger partial charge in [0.05, 0.1) is 12.7 Å². The van der Waals surface area contributed by atoms with Crippen LogP contribution in [0, 0.1) is 5.82 Å². The normalized spacial score (nSPS) is 10.6. The van der Waals surface area contributed by atoms with Crippen LogP contribution in [0.4, 0.5) is 17.3 Å². The second-order valence-corrected chi connectivity index (χ2v) is 3.22. The summed E-state index contributed by atoms with van der Waals surface area (Å²) in [6.45, 7) is -5.01. The molecule has 0 saturated heterocycles. The third-order valence-electron chi connectivity index (χ3n) is 1.91. The summed E-state index contributed by atoms with van der Waals surface area (Å²) < 4.78 is 53.6. The average Bonchev–Trinajstić information content (AvgIpc) is 2.14. The predicted molar refractivity (Wildman–Crippen MR) is 50.5 cm³/mol. The standard InChI is InChI=1S/C9H8BF4O2.K/c1-16-9(15)7-3-2-6(4-8(7)11)5-10(12,13)14;/h2-4H,5H2,1H3;/q-1;+1. The molecule has 2 nitrogen and oxygen atoms in total. The second kappa shape index (κ2) is 6.89. The van der Waals surface area contributed by atoms with Crippen molar-refractivity contribution in [3.05, 3.63) is 35.1 Å². The van der Waals surface area contributed by atoms with Crippen LogP contribution in [-0.2, 0) is 11.1 Å². The first-order valence-corrected chi connectivity index (χ1v) is 4.41. The van der Waals surface area contributed by atoms with Crippen LogP contribution in [0.25, 0.3) is 0 Å². The first-order chi connectivity index (χ1) is 7.33. The van der Waals surface area contributed by atoms with E-state index in [9.17, 15) is 22.1 Å². The Kier molecular flexibility index (Phi) is 6.93. The van der Waals surface area contributed by atoms with Crippen LogP contribution in [0.2, 0.25) is 0 Å². The van der Waals surface area contributed by atoms with Gasteiger partial charge in [-0.25, -0.2) is 9.18 Å². The Labute approximate surface area is 138 Å². The van der Waals surface area contributed by atoms with Gasteiger partial charge in [0.25, 0.3) is 0 Å². The molecule has 0 aliphatic rings. The van der Waals surface area contributed by atoms with Gasteiger partial charge in [-0.1, -0.05) is 17.9 Å². The third-order valence-corrected chi connectivity index (χ3v) is 1.91. The Bertz CT molecular complexity index is 408. The van der Waals surface area contributed by atoms with Gasteiger partial charge in [-0.05, 0) is 12.1 Å². The topological polar surface area (TPSA) is 26.3 Å². The number of ether oxygens (including phenoxy) is 1. The molecular weight excluding hydrogens is 266 g/mol. The van der Waals surface area contributed by atoms with Gasteiger partial charge in [-0.15, -0.1) is 0 Å². The summed E-state index contributed by atoms with van der Waals surface area (Å²) in [4.78, 5) is 11.0. The fourth-order valence-electron chi connectivity index (χ4n) is 1.23. The quantitative estimate of drug-likeness (QED) is 0.424. The van der Waals surface area contributed by atoms with E-state index in [1.165, 1.54) is 0 Å². The minimum absolute atomic E-state index is 0. The Morgan fingerprint density at radius 3 is 2.35 bits per heavy atom. The maximum Gasteiger partial charge on any atom is 1.00 e. The minimum Gasteiger partial charge on any atom is -0.465 e. The SMILES string of the molecule is COC(=O)c1ccc(C[B-](F)(F)F)cc1F.[K+]. The number of halogens is 4. The van der Waals surface area contributed by atoms with Crippen molar-refractivity contribution >= 4 is 12.9 Å². The molecule has 1 rings (SSSR count). The second-order valence-electron chi connectivity index (χ2n) is 3.22. The number of methoxy groups -OCH3 is 1. The zero-order chi connectivity index (χ0) is 12.3. The zero-order valence-electron chi connectivity index (χ0n) is 9.34. The van der Waals surface area contributed by atoms with Gasteiger partial charge in [0.15, 0.2) is 0 Å². The average molecular weight is 274 g/mol. The Balaban J connectivity index is 0.00000256. The molecule has 0 fully saturated rings. The van der Waals surface area contributed by atoms with E-state index in [2.05, 4.69) is 4.74 Å². The minimum atomic E-state index is -5.01. The summed E-state index contributed by atoms with van der Waals surface area (Å²) in [5.74, 6) is -1.93. The fourth-order valence-corrected chi connectivity index (χ4v) is 1.23. The third kappa shape index (κ3) is 5.52. The van der Waals surface area contributed by atoms with Gasteiger partial charge in [-0.3, -0.25) is 0 Å². The van der Waals surface area contributed by atoms with E-state index < -0.39 is 25.1 Å². The number of carbonyl (C=O) groups is 1. The van der Waals surface area contributed by atoms with Gasteiger partial charge in [-0.2, -0.15) is 0 Å². The van der Waals surface area contributed by atoms with Gasteiger partial charge < -0.3 is 17.7 Å². The van der Waals surface area contributed by atoms with Crippen LogP contribution in [0.15, 0.2) is 18.2 Å².